The zero-order valence-electron chi connectivity index (χ0n) is 14.8. The first kappa shape index (κ1) is 17.9. The van der Waals surface area contributed by atoms with E-state index >= 15 is 0 Å². The van der Waals surface area contributed by atoms with Gasteiger partial charge in [0, 0.05) is 0 Å². The zero-order chi connectivity index (χ0) is 16.9. The van der Waals surface area contributed by atoms with E-state index in [1.165, 1.54) is 0 Å². The number of fused-ring (bicyclic) bond motifs is 1. The van der Waals surface area contributed by atoms with Gasteiger partial charge in [0.1, 0.15) is 18.3 Å². The van der Waals surface area contributed by atoms with Crippen molar-refractivity contribution in [2.75, 3.05) is 0 Å². The fourth-order valence-corrected chi connectivity index (χ4v) is 3.54. The van der Waals surface area contributed by atoms with Crippen LogP contribution in [-0.2, 0) is 9.16 Å². The van der Waals surface area contributed by atoms with Crippen molar-refractivity contribution in [1.82, 2.24) is 0 Å². The molecule has 4 atom stereocenters. The Balaban J connectivity index is 2.19. The van der Waals surface area contributed by atoms with Gasteiger partial charge in [0.05, 0.1) is 11.7 Å². The Morgan fingerprint density at radius 2 is 1.77 bits per heavy atom. The lowest BCUT2D eigenvalue weighted by atomic mass is 9.93. The number of hydrogen-bond acceptors (Lipinski definition) is 4. The molecule has 0 spiro atoms. The lowest BCUT2D eigenvalue weighted by Crippen LogP contribution is -2.46. The van der Waals surface area contributed by atoms with Gasteiger partial charge >= 0.3 is 0 Å². The summed E-state index contributed by atoms with van der Waals surface area (Å²) in [5, 5.41) is 20.2. The molecule has 2 aliphatic rings. The summed E-state index contributed by atoms with van der Waals surface area (Å²) in [6.45, 7) is 14.5. The summed E-state index contributed by atoms with van der Waals surface area (Å²) in [5.74, 6) is 0. The van der Waals surface area contributed by atoms with Crippen LogP contribution in [0.5, 0.6) is 0 Å². The molecule has 0 aromatic carbocycles. The largest absolute Gasteiger partial charge is 0.408 e. The van der Waals surface area contributed by atoms with Crippen LogP contribution in [-0.4, -0.2) is 48.5 Å². The van der Waals surface area contributed by atoms with Gasteiger partial charge < -0.3 is 19.4 Å². The Hall–Kier alpha value is -0.463. The van der Waals surface area contributed by atoms with Crippen molar-refractivity contribution in [3.8, 4) is 0 Å². The van der Waals surface area contributed by atoms with Crippen molar-refractivity contribution >= 4 is 8.32 Å². The Morgan fingerprint density at radius 3 is 2.27 bits per heavy atom. The molecule has 1 aliphatic carbocycles. The minimum Gasteiger partial charge on any atom is -0.408 e. The second kappa shape index (κ2) is 5.56. The Morgan fingerprint density at radius 1 is 1.18 bits per heavy atom. The topological polar surface area (TPSA) is 62.2 Å². The van der Waals surface area contributed by atoms with Gasteiger partial charge in [-0.25, -0.2) is 0 Å². The van der Waals surface area contributed by atoms with E-state index in [4.69, 9.17) is 9.16 Å². The van der Waals surface area contributed by atoms with Gasteiger partial charge in [-0.2, -0.15) is 0 Å². The van der Waals surface area contributed by atoms with Crippen LogP contribution in [0.25, 0.3) is 0 Å². The van der Waals surface area contributed by atoms with Gasteiger partial charge in [-0.05, 0) is 43.6 Å². The molecule has 0 aromatic heterocycles. The molecule has 126 valence electrons. The first-order valence-corrected chi connectivity index (χ1v) is 10.9. The van der Waals surface area contributed by atoms with Crippen molar-refractivity contribution in [2.45, 2.75) is 82.8 Å². The van der Waals surface area contributed by atoms with Gasteiger partial charge in [-0.15, -0.1) is 0 Å². The molecule has 0 radical (unpaired) electrons. The molecule has 1 unspecified atom stereocenters. The van der Waals surface area contributed by atoms with Crippen molar-refractivity contribution in [3.05, 3.63) is 23.8 Å². The van der Waals surface area contributed by atoms with Gasteiger partial charge in [0.2, 0.25) is 0 Å². The molecule has 1 aliphatic heterocycles. The Kier molecular flexibility index (Phi) is 4.52. The molecule has 0 saturated carbocycles. The van der Waals surface area contributed by atoms with Gasteiger partial charge in [-0.1, -0.05) is 32.9 Å². The molecule has 1 fully saturated rings. The minimum atomic E-state index is -1.90. The second-order valence-electron chi connectivity index (χ2n) is 8.51. The average molecular weight is 327 g/mol. The van der Waals surface area contributed by atoms with Gasteiger partial charge in [0.25, 0.3) is 0 Å². The summed E-state index contributed by atoms with van der Waals surface area (Å²) in [6, 6.07) is 0. The van der Waals surface area contributed by atoms with E-state index in [9.17, 15) is 10.2 Å². The number of aliphatic hydroxyl groups excluding tert-OH is 1. The van der Waals surface area contributed by atoms with Crippen molar-refractivity contribution in [1.29, 1.82) is 0 Å². The zero-order valence-corrected chi connectivity index (χ0v) is 15.8. The number of epoxide rings is 1. The molecule has 1 saturated heterocycles. The molecule has 4 nitrogen and oxygen atoms in total. The highest BCUT2D eigenvalue weighted by Crippen LogP contribution is 2.43. The van der Waals surface area contributed by atoms with Crippen LogP contribution in [0, 0.1) is 0 Å². The summed E-state index contributed by atoms with van der Waals surface area (Å²) >= 11 is 0. The fourth-order valence-electron chi connectivity index (χ4n) is 2.30. The number of aliphatic hydroxyl groups is 2. The summed E-state index contributed by atoms with van der Waals surface area (Å²) in [5.41, 5.74) is -0.137. The van der Waals surface area contributed by atoms with Crippen LogP contribution in [0.1, 0.15) is 34.6 Å². The van der Waals surface area contributed by atoms with Crippen LogP contribution < -0.4 is 0 Å². The molecule has 0 bridgehead atoms. The minimum absolute atomic E-state index is 0.0385. The first-order valence-electron chi connectivity index (χ1n) is 7.96. The smallest absolute Gasteiger partial charge is 0.193 e. The van der Waals surface area contributed by atoms with Crippen molar-refractivity contribution in [3.63, 3.8) is 0 Å². The quantitative estimate of drug-likeness (QED) is 0.616. The van der Waals surface area contributed by atoms with Crippen LogP contribution in [0.2, 0.25) is 18.1 Å². The van der Waals surface area contributed by atoms with Crippen molar-refractivity contribution < 1.29 is 19.4 Å². The third-order valence-corrected chi connectivity index (χ3v) is 9.29. The number of rotatable bonds is 4. The molecule has 22 heavy (non-hydrogen) atoms. The number of ether oxygens (including phenoxy) is 1. The highest BCUT2D eigenvalue weighted by atomic mass is 28.4. The standard InChI is InChI=1S/C17H30O4Si/c1-16(2,3)22(6,7)21-12-10-11(8-9-17(4,5)19)13(18)15-14(12)20-15/h8-10,12-15,18-19H,1-7H3/b9-8+/t12-,13?,14+,15-/m0/s1. The molecule has 1 heterocycles. The predicted molar refractivity (Wildman–Crippen MR) is 90.3 cm³/mol. The Bertz CT molecular complexity index is 482. The molecule has 2 N–H and O–H groups in total. The van der Waals surface area contributed by atoms with Crippen LogP contribution in [0.4, 0.5) is 0 Å². The third-order valence-electron chi connectivity index (χ3n) is 4.82. The molecule has 5 heteroatoms. The van der Waals surface area contributed by atoms with E-state index < -0.39 is 20.0 Å². The van der Waals surface area contributed by atoms with Gasteiger partial charge in [0.15, 0.2) is 8.32 Å². The van der Waals surface area contributed by atoms with Crippen molar-refractivity contribution in [2.24, 2.45) is 0 Å². The molecule has 0 aromatic rings. The summed E-state index contributed by atoms with van der Waals surface area (Å²) < 4.78 is 12.1. The summed E-state index contributed by atoms with van der Waals surface area (Å²) in [6.07, 6.45) is 4.46. The second-order valence-corrected chi connectivity index (χ2v) is 13.3. The highest BCUT2D eigenvalue weighted by molar-refractivity contribution is 6.74. The maximum absolute atomic E-state index is 10.3. The van der Waals surface area contributed by atoms with Crippen LogP contribution in [0.15, 0.2) is 23.8 Å². The first-order chi connectivity index (χ1) is 9.82. The van der Waals surface area contributed by atoms with E-state index in [0.29, 0.717) is 0 Å². The maximum Gasteiger partial charge on any atom is 0.193 e. The maximum atomic E-state index is 10.3. The predicted octanol–water partition coefficient (Wildman–Crippen LogP) is 2.77. The Labute approximate surface area is 135 Å². The van der Waals surface area contributed by atoms with E-state index in [0.717, 1.165) is 5.57 Å². The van der Waals surface area contributed by atoms with Gasteiger partial charge in [-0.3, -0.25) is 0 Å². The van der Waals surface area contributed by atoms with E-state index in [1.807, 2.05) is 6.08 Å². The van der Waals surface area contributed by atoms with E-state index in [1.54, 1.807) is 26.0 Å². The fraction of sp³-hybridized carbons (Fsp3) is 0.765. The lowest BCUT2D eigenvalue weighted by Gasteiger charge is -2.39. The molecule has 0 amide bonds. The molecular weight excluding hydrogens is 296 g/mol. The van der Waals surface area contributed by atoms with Crippen LogP contribution in [0.3, 0.4) is 0 Å². The highest BCUT2D eigenvalue weighted by Gasteiger charge is 2.55. The lowest BCUT2D eigenvalue weighted by molar-refractivity contribution is 0.132. The monoisotopic (exact) mass is 326 g/mol. The average Bonchev–Trinajstić information content (AvgIpc) is 3.08. The third kappa shape index (κ3) is 3.89. The SMILES string of the molecule is CC(C)(O)/C=C/C1=C[C@H](O[Si](C)(C)C(C)(C)C)[C@H]2O[C@H]2C1O. The number of hydrogen-bond donors (Lipinski definition) is 2. The summed E-state index contributed by atoms with van der Waals surface area (Å²) in [7, 11) is -1.90. The van der Waals surface area contributed by atoms with E-state index in [-0.39, 0.29) is 23.4 Å². The normalized spacial score (nSPS) is 32.9. The summed E-state index contributed by atoms with van der Waals surface area (Å²) in [4.78, 5) is 0. The van der Waals surface area contributed by atoms with Crippen LogP contribution >= 0.6 is 0 Å². The van der Waals surface area contributed by atoms with E-state index in [2.05, 4.69) is 33.9 Å². The molecular formula is C17H30O4Si. The molecule has 2 rings (SSSR count).